The summed E-state index contributed by atoms with van der Waals surface area (Å²) < 4.78 is 2.31. The van der Waals surface area contributed by atoms with Crippen LogP contribution in [0.25, 0.3) is 11.2 Å². The Morgan fingerprint density at radius 3 is 2.54 bits per heavy atom. The van der Waals surface area contributed by atoms with Gasteiger partial charge in [-0.25, -0.2) is 9.78 Å². The summed E-state index contributed by atoms with van der Waals surface area (Å²) in [7, 11) is 2.99. The van der Waals surface area contributed by atoms with Gasteiger partial charge in [0.1, 0.15) is 0 Å². The molecule has 130 valence electrons. The van der Waals surface area contributed by atoms with Crippen LogP contribution < -0.4 is 16.6 Å². The fourth-order valence-electron chi connectivity index (χ4n) is 2.98. The summed E-state index contributed by atoms with van der Waals surface area (Å²) in [5.74, 6) is 0.455. The minimum Gasteiger partial charge on any atom is -0.308 e. The lowest BCUT2D eigenvalue weighted by Crippen LogP contribution is -2.38. The first-order valence-corrected chi connectivity index (χ1v) is 8.30. The summed E-state index contributed by atoms with van der Waals surface area (Å²) in [6.07, 6.45) is 3.89. The van der Waals surface area contributed by atoms with Gasteiger partial charge in [-0.15, -0.1) is 10.2 Å². The Balaban J connectivity index is 1.67. The summed E-state index contributed by atoms with van der Waals surface area (Å²) in [6.45, 7) is 4.62. The van der Waals surface area contributed by atoms with E-state index in [2.05, 4.69) is 25.4 Å². The maximum atomic E-state index is 12.2. The highest BCUT2D eigenvalue weighted by Crippen LogP contribution is 2.07. The van der Waals surface area contributed by atoms with Crippen LogP contribution in [0.15, 0.2) is 9.59 Å². The molecule has 2 aromatic rings. The van der Waals surface area contributed by atoms with E-state index in [1.807, 2.05) is 0 Å². The van der Waals surface area contributed by atoms with E-state index in [0.29, 0.717) is 12.4 Å². The van der Waals surface area contributed by atoms with Gasteiger partial charge < -0.3 is 10.2 Å². The number of aromatic nitrogens is 5. The first-order valence-electron chi connectivity index (χ1n) is 8.30. The molecule has 1 fully saturated rings. The minimum absolute atomic E-state index is 0.169. The SMILES string of the molecule is Cn1c(=O)c2nc(CNCCN3CCCCC3)nnc2n(C)c1=O. The van der Waals surface area contributed by atoms with Crippen LogP contribution in [-0.4, -0.2) is 55.4 Å². The van der Waals surface area contributed by atoms with E-state index in [4.69, 9.17) is 0 Å². The number of nitrogens with one attached hydrogen (secondary N) is 1. The molecule has 0 saturated carbocycles. The third-order valence-electron chi connectivity index (χ3n) is 4.45. The maximum absolute atomic E-state index is 12.2. The highest BCUT2D eigenvalue weighted by atomic mass is 16.2. The average molecular weight is 333 g/mol. The van der Waals surface area contributed by atoms with Crippen molar-refractivity contribution in [3.8, 4) is 0 Å². The number of hydrogen-bond acceptors (Lipinski definition) is 7. The summed E-state index contributed by atoms with van der Waals surface area (Å²) in [5.41, 5.74) is -0.504. The molecule has 9 nitrogen and oxygen atoms in total. The van der Waals surface area contributed by atoms with Crippen LogP contribution in [-0.2, 0) is 20.6 Å². The van der Waals surface area contributed by atoms with Crippen LogP contribution >= 0.6 is 0 Å². The van der Waals surface area contributed by atoms with Crippen molar-refractivity contribution in [1.82, 2.24) is 34.5 Å². The molecule has 0 aliphatic carbocycles. The van der Waals surface area contributed by atoms with Gasteiger partial charge in [0.25, 0.3) is 5.56 Å². The molecule has 9 heteroatoms. The van der Waals surface area contributed by atoms with E-state index in [-0.39, 0.29) is 11.2 Å². The van der Waals surface area contributed by atoms with Crippen LogP contribution in [0, 0.1) is 0 Å². The number of hydrogen-bond donors (Lipinski definition) is 1. The summed E-state index contributed by atoms with van der Waals surface area (Å²) in [4.78, 5) is 30.8. The molecule has 0 aromatic carbocycles. The zero-order valence-corrected chi connectivity index (χ0v) is 14.2. The van der Waals surface area contributed by atoms with E-state index >= 15 is 0 Å². The lowest BCUT2D eigenvalue weighted by molar-refractivity contribution is 0.228. The van der Waals surface area contributed by atoms with Crippen LogP contribution in [0.4, 0.5) is 0 Å². The fraction of sp³-hybridized carbons (Fsp3) is 0.667. The smallest absolute Gasteiger partial charge is 0.308 e. The summed E-state index contributed by atoms with van der Waals surface area (Å²) >= 11 is 0. The molecule has 1 saturated heterocycles. The van der Waals surface area contributed by atoms with Gasteiger partial charge in [-0.1, -0.05) is 6.42 Å². The largest absolute Gasteiger partial charge is 0.332 e. The van der Waals surface area contributed by atoms with Crippen molar-refractivity contribution in [1.29, 1.82) is 0 Å². The monoisotopic (exact) mass is 333 g/mol. The Bertz CT molecular complexity index is 836. The molecule has 1 N–H and O–H groups in total. The van der Waals surface area contributed by atoms with Crippen LogP contribution in [0.5, 0.6) is 0 Å². The number of nitrogens with zero attached hydrogens (tertiary/aromatic N) is 6. The first-order chi connectivity index (χ1) is 11.6. The van der Waals surface area contributed by atoms with Crippen LogP contribution in [0.1, 0.15) is 25.1 Å². The molecule has 0 bridgehead atoms. The van der Waals surface area contributed by atoms with Crippen molar-refractivity contribution < 1.29 is 0 Å². The van der Waals surface area contributed by atoms with Gasteiger partial charge >= 0.3 is 5.69 Å². The first kappa shape index (κ1) is 16.7. The normalized spacial score (nSPS) is 15.9. The zero-order chi connectivity index (χ0) is 17.1. The number of rotatable bonds is 5. The Morgan fingerprint density at radius 2 is 1.79 bits per heavy atom. The average Bonchev–Trinajstić information content (AvgIpc) is 2.62. The Hall–Kier alpha value is -2.13. The maximum Gasteiger partial charge on any atom is 0.332 e. The molecule has 0 unspecified atom stereocenters. The van der Waals surface area contributed by atoms with E-state index in [0.717, 1.165) is 17.7 Å². The van der Waals surface area contributed by atoms with Crippen LogP contribution in [0.2, 0.25) is 0 Å². The molecule has 2 aromatic heterocycles. The highest BCUT2D eigenvalue weighted by Gasteiger charge is 2.13. The number of piperidine rings is 1. The number of aryl methyl sites for hydroxylation is 1. The van der Waals surface area contributed by atoms with Gasteiger partial charge in [0.2, 0.25) is 0 Å². The van der Waals surface area contributed by atoms with Crippen molar-refractivity contribution >= 4 is 11.2 Å². The lowest BCUT2D eigenvalue weighted by atomic mass is 10.1. The molecular formula is C15H23N7O2. The van der Waals surface area contributed by atoms with E-state index in [9.17, 15) is 9.59 Å². The fourth-order valence-corrected chi connectivity index (χ4v) is 2.98. The molecule has 3 rings (SSSR count). The molecule has 3 heterocycles. The molecule has 0 atom stereocenters. The van der Waals surface area contributed by atoms with Crippen molar-refractivity contribution in [2.24, 2.45) is 14.1 Å². The van der Waals surface area contributed by atoms with Gasteiger partial charge in [0.15, 0.2) is 17.0 Å². The lowest BCUT2D eigenvalue weighted by Gasteiger charge is -2.26. The zero-order valence-electron chi connectivity index (χ0n) is 14.2. The van der Waals surface area contributed by atoms with Crippen molar-refractivity contribution in [3.05, 3.63) is 26.7 Å². The summed E-state index contributed by atoms with van der Waals surface area (Å²) in [5, 5.41) is 11.3. The van der Waals surface area contributed by atoms with Crippen molar-refractivity contribution in [3.63, 3.8) is 0 Å². The molecular weight excluding hydrogens is 310 g/mol. The highest BCUT2D eigenvalue weighted by molar-refractivity contribution is 5.67. The number of likely N-dealkylation sites (tertiary alicyclic amines) is 1. The Kier molecular flexibility index (Phi) is 5.00. The predicted molar refractivity (Wildman–Crippen MR) is 89.8 cm³/mol. The van der Waals surface area contributed by atoms with Gasteiger partial charge in [0, 0.05) is 27.2 Å². The van der Waals surface area contributed by atoms with E-state index in [1.165, 1.54) is 44.0 Å². The molecule has 0 amide bonds. The quantitative estimate of drug-likeness (QED) is 0.701. The number of fused-ring (bicyclic) bond motifs is 1. The molecule has 0 radical (unpaired) electrons. The predicted octanol–water partition coefficient (Wildman–Crippen LogP) is -1.00. The second-order valence-corrected chi connectivity index (χ2v) is 6.19. The third-order valence-corrected chi connectivity index (χ3v) is 4.45. The molecule has 0 spiro atoms. The van der Waals surface area contributed by atoms with Gasteiger partial charge in [-0.3, -0.25) is 13.9 Å². The topological polar surface area (TPSA) is 97.9 Å². The van der Waals surface area contributed by atoms with E-state index < -0.39 is 11.2 Å². The second-order valence-electron chi connectivity index (χ2n) is 6.19. The van der Waals surface area contributed by atoms with Crippen molar-refractivity contribution in [2.75, 3.05) is 26.2 Å². The van der Waals surface area contributed by atoms with E-state index in [1.54, 1.807) is 7.05 Å². The summed E-state index contributed by atoms with van der Waals surface area (Å²) in [6, 6.07) is 0. The Morgan fingerprint density at radius 1 is 1.04 bits per heavy atom. The van der Waals surface area contributed by atoms with Crippen LogP contribution in [0.3, 0.4) is 0 Å². The third kappa shape index (κ3) is 3.36. The molecule has 24 heavy (non-hydrogen) atoms. The Labute approximate surface area is 139 Å². The second kappa shape index (κ2) is 7.18. The standard InChI is InChI=1S/C15H23N7O2/c1-20-13-12(14(23)21(2)15(20)24)17-11(18-19-13)10-16-6-9-22-7-4-3-5-8-22/h16H,3-10H2,1-2H3. The van der Waals surface area contributed by atoms with Crippen molar-refractivity contribution in [2.45, 2.75) is 25.8 Å². The molecule has 1 aliphatic rings. The molecule has 1 aliphatic heterocycles. The van der Waals surface area contributed by atoms with Gasteiger partial charge in [0.05, 0.1) is 6.54 Å². The van der Waals surface area contributed by atoms with Gasteiger partial charge in [-0.05, 0) is 25.9 Å². The van der Waals surface area contributed by atoms with Gasteiger partial charge in [-0.2, -0.15) is 0 Å². The minimum atomic E-state index is -0.447.